The van der Waals surface area contributed by atoms with Gasteiger partial charge in [0.05, 0.1) is 12.0 Å². The maximum atomic E-state index is 11.0. The second-order valence-corrected chi connectivity index (χ2v) is 7.40. The molecule has 25 heavy (non-hydrogen) atoms. The number of nitrogens with zero attached hydrogens (tertiary/aromatic N) is 5. The van der Waals surface area contributed by atoms with Gasteiger partial charge < -0.3 is 9.63 Å². The van der Waals surface area contributed by atoms with Crippen molar-refractivity contribution in [2.45, 2.75) is 63.5 Å². The van der Waals surface area contributed by atoms with Crippen LogP contribution in [0.25, 0.3) is 0 Å². The molecule has 0 radical (unpaired) electrons. The highest BCUT2D eigenvalue weighted by Gasteiger charge is 2.36. The largest absolute Gasteiger partial charge is 0.388 e. The predicted octanol–water partition coefficient (Wildman–Crippen LogP) is 1.87. The molecule has 1 N–H and O–H groups in total. The van der Waals surface area contributed by atoms with Gasteiger partial charge in [0.2, 0.25) is 5.89 Å². The Labute approximate surface area is 147 Å². The Hall–Kier alpha value is -1.86. The summed E-state index contributed by atoms with van der Waals surface area (Å²) < 4.78 is 5.35. The lowest BCUT2D eigenvalue weighted by Gasteiger charge is -2.38. The summed E-state index contributed by atoms with van der Waals surface area (Å²) in [5, 5.41) is 15.1. The zero-order valence-corrected chi connectivity index (χ0v) is 14.7. The van der Waals surface area contributed by atoms with E-state index in [1.54, 1.807) is 0 Å². The third kappa shape index (κ3) is 4.04. The van der Waals surface area contributed by atoms with E-state index >= 15 is 0 Å². The van der Waals surface area contributed by atoms with E-state index in [9.17, 15) is 5.11 Å². The number of rotatable bonds is 6. The van der Waals surface area contributed by atoms with Crippen molar-refractivity contribution in [1.82, 2.24) is 25.0 Å². The van der Waals surface area contributed by atoms with Crippen LogP contribution in [0.3, 0.4) is 0 Å². The Morgan fingerprint density at radius 2 is 2.12 bits per heavy atom. The van der Waals surface area contributed by atoms with Gasteiger partial charge in [0.25, 0.3) is 0 Å². The zero-order valence-electron chi connectivity index (χ0n) is 14.7. The average Bonchev–Trinajstić information content (AvgIpc) is 3.36. The van der Waals surface area contributed by atoms with E-state index in [4.69, 9.17) is 4.52 Å². The van der Waals surface area contributed by atoms with Crippen molar-refractivity contribution >= 4 is 0 Å². The van der Waals surface area contributed by atoms with Gasteiger partial charge in [0.1, 0.15) is 5.82 Å². The number of hydrogen-bond acceptors (Lipinski definition) is 7. The van der Waals surface area contributed by atoms with Crippen LogP contribution < -0.4 is 0 Å². The Bertz CT molecular complexity index is 713. The molecule has 1 atom stereocenters. The van der Waals surface area contributed by atoms with E-state index in [2.05, 4.69) is 25.0 Å². The van der Waals surface area contributed by atoms with E-state index in [0.29, 0.717) is 24.8 Å². The predicted molar refractivity (Wildman–Crippen MR) is 90.8 cm³/mol. The Morgan fingerprint density at radius 1 is 1.32 bits per heavy atom. The van der Waals surface area contributed by atoms with Gasteiger partial charge in [-0.15, -0.1) is 0 Å². The van der Waals surface area contributed by atoms with Crippen molar-refractivity contribution in [2.75, 3.05) is 13.1 Å². The smallest absolute Gasteiger partial charge is 0.229 e. The summed E-state index contributed by atoms with van der Waals surface area (Å²) in [6, 6.07) is 0. The first-order valence-corrected chi connectivity index (χ1v) is 9.20. The molecular formula is C18H25N5O2. The van der Waals surface area contributed by atoms with Crippen LogP contribution >= 0.6 is 0 Å². The van der Waals surface area contributed by atoms with Crippen molar-refractivity contribution in [2.24, 2.45) is 0 Å². The lowest BCUT2D eigenvalue weighted by molar-refractivity contribution is -0.0374. The SMILES string of the molecule is CCc1ncc(CN2CCCC(O)(Cc3nc(C4CC4)no3)C2)cn1. The Balaban J connectivity index is 1.38. The number of aliphatic hydroxyl groups is 1. The molecular weight excluding hydrogens is 318 g/mol. The van der Waals surface area contributed by atoms with Gasteiger partial charge in [0, 0.05) is 43.4 Å². The summed E-state index contributed by atoms with van der Waals surface area (Å²) in [5.74, 6) is 2.70. The van der Waals surface area contributed by atoms with Crippen molar-refractivity contribution in [1.29, 1.82) is 0 Å². The number of piperidine rings is 1. The highest BCUT2D eigenvalue weighted by atomic mass is 16.5. The second kappa shape index (κ2) is 6.80. The molecule has 2 aliphatic rings. The van der Waals surface area contributed by atoms with Crippen LogP contribution in [-0.4, -0.2) is 48.8 Å². The van der Waals surface area contributed by atoms with Crippen LogP contribution in [0.5, 0.6) is 0 Å². The summed E-state index contributed by atoms with van der Waals surface area (Å²) in [6.45, 7) is 4.37. The fraction of sp³-hybridized carbons (Fsp3) is 0.667. The van der Waals surface area contributed by atoms with Gasteiger partial charge in [0.15, 0.2) is 5.82 Å². The number of hydrogen-bond donors (Lipinski definition) is 1. The fourth-order valence-electron chi connectivity index (χ4n) is 3.52. The van der Waals surface area contributed by atoms with E-state index in [-0.39, 0.29) is 0 Å². The molecule has 0 bridgehead atoms. The molecule has 1 aliphatic carbocycles. The van der Waals surface area contributed by atoms with E-state index in [0.717, 1.165) is 62.4 Å². The first-order chi connectivity index (χ1) is 12.1. The maximum Gasteiger partial charge on any atom is 0.229 e. The van der Waals surface area contributed by atoms with Crippen molar-refractivity contribution in [3.63, 3.8) is 0 Å². The van der Waals surface area contributed by atoms with Gasteiger partial charge in [-0.3, -0.25) is 4.90 Å². The summed E-state index contributed by atoms with van der Waals surface area (Å²) in [4.78, 5) is 15.4. The molecule has 2 aromatic rings. The van der Waals surface area contributed by atoms with Crippen molar-refractivity contribution in [3.05, 3.63) is 35.5 Å². The van der Waals surface area contributed by atoms with E-state index < -0.39 is 5.60 Å². The van der Waals surface area contributed by atoms with Crippen LogP contribution in [0.4, 0.5) is 0 Å². The molecule has 1 saturated heterocycles. The van der Waals surface area contributed by atoms with Crippen LogP contribution in [-0.2, 0) is 19.4 Å². The molecule has 2 aromatic heterocycles. The van der Waals surface area contributed by atoms with Crippen LogP contribution in [0.2, 0.25) is 0 Å². The lowest BCUT2D eigenvalue weighted by atomic mass is 9.89. The van der Waals surface area contributed by atoms with Crippen molar-refractivity contribution < 1.29 is 9.63 Å². The quantitative estimate of drug-likeness (QED) is 0.856. The first kappa shape index (κ1) is 16.6. The van der Waals surface area contributed by atoms with Gasteiger partial charge in [-0.1, -0.05) is 12.1 Å². The molecule has 1 saturated carbocycles. The Morgan fingerprint density at radius 3 is 2.84 bits per heavy atom. The standard InChI is InChI=1S/C18H25N5O2/c1-2-15-19-9-13(10-20-15)11-23-7-3-6-18(24,12-23)8-16-21-17(22-25-16)14-4-5-14/h9-10,14,24H,2-8,11-12H2,1H3. The number of aromatic nitrogens is 4. The molecule has 1 aliphatic heterocycles. The highest BCUT2D eigenvalue weighted by Crippen LogP contribution is 2.38. The maximum absolute atomic E-state index is 11.0. The minimum absolute atomic E-state index is 0.425. The molecule has 1 unspecified atom stereocenters. The molecule has 0 aromatic carbocycles. The normalized spacial score (nSPS) is 24.6. The molecule has 0 amide bonds. The molecule has 2 fully saturated rings. The van der Waals surface area contributed by atoms with Gasteiger partial charge in [-0.2, -0.15) is 4.98 Å². The van der Waals surface area contributed by atoms with E-state index in [1.165, 1.54) is 0 Å². The summed E-state index contributed by atoms with van der Waals surface area (Å²) in [5.41, 5.74) is 0.269. The second-order valence-electron chi connectivity index (χ2n) is 7.40. The minimum Gasteiger partial charge on any atom is -0.388 e. The number of likely N-dealkylation sites (tertiary alicyclic amines) is 1. The lowest BCUT2D eigenvalue weighted by Crippen LogP contribution is -2.49. The van der Waals surface area contributed by atoms with Crippen LogP contribution in [0, 0.1) is 0 Å². The fourth-order valence-corrected chi connectivity index (χ4v) is 3.52. The van der Waals surface area contributed by atoms with Crippen LogP contribution in [0.15, 0.2) is 16.9 Å². The molecule has 0 spiro atoms. The van der Waals surface area contributed by atoms with E-state index in [1.807, 2.05) is 19.3 Å². The summed E-state index contributed by atoms with van der Waals surface area (Å²) >= 11 is 0. The number of aryl methyl sites for hydroxylation is 1. The topological polar surface area (TPSA) is 88.2 Å². The van der Waals surface area contributed by atoms with Crippen LogP contribution in [0.1, 0.15) is 61.6 Å². The zero-order chi connectivity index (χ0) is 17.3. The molecule has 4 rings (SSSR count). The number of β-amino-alcohol motifs (C(OH)–C–C–N with tert-alkyl or cyclic N) is 1. The average molecular weight is 343 g/mol. The molecule has 3 heterocycles. The monoisotopic (exact) mass is 343 g/mol. The van der Waals surface area contributed by atoms with Gasteiger partial charge >= 0.3 is 0 Å². The Kier molecular flexibility index (Phi) is 4.52. The minimum atomic E-state index is -0.810. The third-order valence-corrected chi connectivity index (χ3v) is 5.02. The summed E-state index contributed by atoms with van der Waals surface area (Å²) in [7, 11) is 0. The first-order valence-electron chi connectivity index (χ1n) is 9.20. The highest BCUT2D eigenvalue weighted by molar-refractivity contribution is 5.07. The molecule has 7 heteroatoms. The van der Waals surface area contributed by atoms with Crippen molar-refractivity contribution in [3.8, 4) is 0 Å². The molecule has 7 nitrogen and oxygen atoms in total. The van der Waals surface area contributed by atoms with Gasteiger partial charge in [-0.05, 0) is 32.2 Å². The molecule has 134 valence electrons. The third-order valence-electron chi connectivity index (χ3n) is 5.02. The summed E-state index contributed by atoms with van der Waals surface area (Å²) in [6.07, 6.45) is 9.06. The van der Waals surface area contributed by atoms with Gasteiger partial charge in [-0.25, -0.2) is 9.97 Å².